The summed E-state index contributed by atoms with van der Waals surface area (Å²) in [5, 5.41) is 9.49. The average Bonchev–Trinajstić information content (AvgIpc) is 2.41. The van der Waals surface area contributed by atoms with E-state index in [0.29, 0.717) is 31.7 Å². The van der Waals surface area contributed by atoms with Crippen LogP contribution in [-0.2, 0) is 10.0 Å². The highest BCUT2D eigenvalue weighted by atomic mass is 32.2. The van der Waals surface area contributed by atoms with Gasteiger partial charge in [-0.1, -0.05) is 0 Å². The highest BCUT2D eigenvalue weighted by Crippen LogP contribution is 2.26. The second-order valence-corrected chi connectivity index (χ2v) is 7.67. The number of sulfonamides is 1. The number of benzene rings is 1. The van der Waals surface area contributed by atoms with Crippen molar-refractivity contribution in [2.45, 2.75) is 50.7 Å². The summed E-state index contributed by atoms with van der Waals surface area (Å²) in [4.78, 5) is 0.285. The smallest absolute Gasteiger partial charge is 0.243 e. The predicted octanol–water partition coefficient (Wildman–Crippen LogP) is 1.93. The summed E-state index contributed by atoms with van der Waals surface area (Å²) in [6, 6.07) is 4.95. The Bertz CT molecular complexity index is 590. The molecule has 0 spiro atoms. The van der Waals surface area contributed by atoms with Crippen LogP contribution in [0.15, 0.2) is 23.1 Å². The maximum Gasteiger partial charge on any atom is 0.243 e. The Morgan fingerprint density at radius 3 is 2.43 bits per heavy atom. The van der Waals surface area contributed by atoms with Crippen LogP contribution in [0.4, 0.5) is 0 Å². The number of nitrogens with zero attached hydrogens (tertiary/aromatic N) is 1. The van der Waals surface area contributed by atoms with E-state index in [1.807, 2.05) is 20.8 Å². The molecule has 2 rings (SSSR count). The third-order valence-corrected chi connectivity index (χ3v) is 5.46. The molecule has 118 valence electrons. The Kier molecular flexibility index (Phi) is 4.91. The van der Waals surface area contributed by atoms with Gasteiger partial charge in [0.25, 0.3) is 0 Å². The normalized spacial score (nSPS) is 18.1. The van der Waals surface area contributed by atoms with E-state index in [0.717, 1.165) is 5.56 Å². The summed E-state index contributed by atoms with van der Waals surface area (Å²) in [5.74, 6) is 0.706. The number of rotatable bonds is 4. The van der Waals surface area contributed by atoms with Crippen molar-refractivity contribution < 1.29 is 18.3 Å². The van der Waals surface area contributed by atoms with Gasteiger partial charge in [-0.25, -0.2) is 8.42 Å². The summed E-state index contributed by atoms with van der Waals surface area (Å²) < 4.78 is 32.2. The first-order valence-electron chi connectivity index (χ1n) is 7.26. The van der Waals surface area contributed by atoms with Crippen molar-refractivity contribution in [3.05, 3.63) is 23.8 Å². The molecule has 0 aromatic heterocycles. The maximum absolute atomic E-state index is 12.6. The summed E-state index contributed by atoms with van der Waals surface area (Å²) in [5.41, 5.74) is 0.807. The molecule has 1 N–H and O–H groups in total. The van der Waals surface area contributed by atoms with Crippen molar-refractivity contribution >= 4 is 10.0 Å². The maximum atomic E-state index is 12.6. The second-order valence-electron chi connectivity index (χ2n) is 5.73. The minimum atomic E-state index is -3.49. The molecular formula is C15H23NO4S. The van der Waals surface area contributed by atoms with E-state index >= 15 is 0 Å². The number of hydrogen-bond donors (Lipinski definition) is 1. The average molecular weight is 313 g/mol. The van der Waals surface area contributed by atoms with Gasteiger partial charge in [0.15, 0.2) is 0 Å². The van der Waals surface area contributed by atoms with E-state index in [-0.39, 0.29) is 17.1 Å². The van der Waals surface area contributed by atoms with Gasteiger partial charge in [0.05, 0.1) is 17.1 Å². The van der Waals surface area contributed by atoms with Crippen LogP contribution in [0, 0.1) is 6.92 Å². The first kappa shape index (κ1) is 16.3. The van der Waals surface area contributed by atoms with Gasteiger partial charge in [-0.05, 0) is 57.4 Å². The fourth-order valence-corrected chi connectivity index (χ4v) is 3.96. The fourth-order valence-electron chi connectivity index (χ4n) is 2.40. The van der Waals surface area contributed by atoms with Crippen molar-refractivity contribution in [1.82, 2.24) is 4.31 Å². The third-order valence-electron chi connectivity index (χ3n) is 3.57. The Morgan fingerprint density at radius 1 is 1.29 bits per heavy atom. The molecule has 1 aromatic rings. The van der Waals surface area contributed by atoms with E-state index in [2.05, 4.69) is 0 Å². The molecular weight excluding hydrogens is 290 g/mol. The molecule has 1 heterocycles. The molecule has 0 unspecified atom stereocenters. The van der Waals surface area contributed by atoms with Crippen LogP contribution in [0.5, 0.6) is 5.75 Å². The van der Waals surface area contributed by atoms with Crippen molar-refractivity contribution in [1.29, 1.82) is 0 Å². The van der Waals surface area contributed by atoms with E-state index in [1.54, 1.807) is 18.2 Å². The number of aryl methyl sites for hydroxylation is 1. The fraction of sp³-hybridized carbons (Fsp3) is 0.600. The molecule has 5 nitrogen and oxygen atoms in total. The van der Waals surface area contributed by atoms with Crippen molar-refractivity contribution in [3.63, 3.8) is 0 Å². The summed E-state index contributed by atoms with van der Waals surface area (Å²) >= 11 is 0. The van der Waals surface area contributed by atoms with E-state index in [9.17, 15) is 13.5 Å². The first-order chi connectivity index (χ1) is 9.80. The second kappa shape index (κ2) is 6.34. The van der Waals surface area contributed by atoms with Gasteiger partial charge in [0.2, 0.25) is 10.0 Å². The number of ether oxygens (including phenoxy) is 1. The SMILES string of the molecule is Cc1cc(S(=O)(=O)N2CCC(O)CC2)ccc1OC(C)C. The van der Waals surface area contributed by atoms with Crippen molar-refractivity contribution in [2.75, 3.05) is 13.1 Å². The van der Waals surface area contributed by atoms with Crippen LogP contribution >= 0.6 is 0 Å². The molecule has 6 heteroatoms. The zero-order valence-corrected chi connectivity index (χ0v) is 13.6. The van der Waals surface area contributed by atoms with Crippen LogP contribution in [0.2, 0.25) is 0 Å². The van der Waals surface area contributed by atoms with Gasteiger partial charge in [-0.15, -0.1) is 0 Å². The molecule has 1 aliphatic rings. The molecule has 1 fully saturated rings. The first-order valence-corrected chi connectivity index (χ1v) is 8.70. The number of piperidine rings is 1. The zero-order valence-electron chi connectivity index (χ0n) is 12.7. The van der Waals surface area contributed by atoms with Gasteiger partial charge in [0.1, 0.15) is 5.75 Å². The zero-order chi connectivity index (χ0) is 15.6. The largest absolute Gasteiger partial charge is 0.491 e. The number of hydrogen-bond acceptors (Lipinski definition) is 4. The van der Waals surface area contributed by atoms with E-state index in [4.69, 9.17) is 4.74 Å². The molecule has 1 aromatic carbocycles. The number of aliphatic hydroxyl groups is 1. The molecule has 1 saturated heterocycles. The van der Waals surface area contributed by atoms with Gasteiger partial charge >= 0.3 is 0 Å². The predicted molar refractivity (Wildman–Crippen MR) is 80.9 cm³/mol. The topological polar surface area (TPSA) is 66.8 Å². The van der Waals surface area contributed by atoms with Crippen LogP contribution < -0.4 is 4.74 Å². The Morgan fingerprint density at radius 2 is 1.90 bits per heavy atom. The molecule has 0 saturated carbocycles. The van der Waals surface area contributed by atoms with Crippen LogP contribution in [0.1, 0.15) is 32.3 Å². The van der Waals surface area contributed by atoms with Gasteiger partial charge in [-0.2, -0.15) is 4.31 Å². The minimum absolute atomic E-state index is 0.0507. The molecule has 0 atom stereocenters. The number of aliphatic hydroxyl groups excluding tert-OH is 1. The van der Waals surface area contributed by atoms with Gasteiger partial charge < -0.3 is 9.84 Å². The van der Waals surface area contributed by atoms with E-state index in [1.165, 1.54) is 4.31 Å². The third kappa shape index (κ3) is 3.75. The van der Waals surface area contributed by atoms with Crippen molar-refractivity contribution in [2.24, 2.45) is 0 Å². The molecule has 0 amide bonds. The van der Waals surface area contributed by atoms with E-state index < -0.39 is 10.0 Å². The Labute approximate surface area is 126 Å². The lowest BCUT2D eigenvalue weighted by molar-refractivity contribution is 0.113. The highest BCUT2D eigenvalue weighted by Gasteiger charge is 2.29. The lowest BCUT2D eigenvalue weighted by Gasteiger charge is -2.29. The highest BCUT2D eigenvalue weighted by molar-refractivity contribution is 7.89. The van der Waals surface area contributed by atoms with Crippen molar-refractivity contribution in [3.8, 4) is 5.75 Å². The summed E-state index contributed by atoms with van der Waals surface area (Å²) in [6.07, 6.45) is 0.647. The monoisotopic (exact) mass is 313 g/mol. The molecule has 0 aliphatic carbocycles. The van der Waals surface area contributed by atoms with Gasteiger partial charge in [0, 0.05) is 13.1 Å². The van der Waals surface area contributed by atoms with Crippen LogP contribution in [0.25, 0.3) is 0 Å². The van der Waals surface area contributed by atoms with Crippen LogP contribution in [0.3, 0.4) is 0 Å². The summed E-state index contributed by atoms with van der Waals surface area (Å²) in [6.45, 7) is 6.45. The Balaban J connectivity index is 2.22. The lowest BCUT2D eigenvalue weighted by Crippen LogP contribution is -2.40. The molecule has 1 aliphatic heterocycles. The molecule has 0 bridgehead atoms. The standard InChI is InChI=1S/C15H23NO4S/c1-11(2)20-15-5-4-14(10-12(15)3)21(18,19)16-8-6-13(17)7-9-16/h4-5,10-11,13,17H,6-9H2,1-3H3. The Hall–Kier alpha value is -1.11. The molecule has 21 heavy (non-hydrogen) atoms. The lowest BCUT2D eigenvalue weighted by atomic mass is 10.1. The quantitative estimate of drug-likeness (QED) is 0.922. The summed E-state index contributed by atoms with van der Waals surface area (Å²) in [7, 11) is -3.49. The van der Waals surface area contributed by atoms with Crippen LogP contribution in [-0.4, -0.2) is 43.1 Å². The van der Waals surface area contributed by atoms with Gasteiger partial charge in [-0.3, -0.25) is 0 Å². The molecule has 0 radical (unpaired) electrons. The minimum Gasteiger partial charge on any atom is -0.491 e.